The molecule has 104 valence electrons. The van der Waals surface area contributed by atoms with Crippen molar-refractivity contribution in [1.29, 1.82) is 0 Å². The highest BCUT2D eigenvalue weighted by Crippen LogP contribution is 2.36. The molecule has 1 rings (SSSR count). The Bertz CT molecular complexity index is 292. The predicted octanol–water partition coefficient (Wildman–Crippen LogP) is 1.76. The van der Waals surface area contributed by atoms with E-state index in [9.17, 15) is 5.11 Å². The minimum atomic E-state index is -0.951. The molecule has 0 saturated carbocycles. The summed E-state index contributed by atoms with van der Waals surface area (Å²) in [6.45, 7) is 15.0. The molecular weight excluding hydrogens is 230 g/mol. The molecule has 1 aliphatic rings. The van der Waals surface area contributed by atoms with E-state index in [1.807, 2.05) is 41.5 Å². The van der Waals surface area contributed by atoms with Crippen LogP contribution in [0.15, 0.2) is 0 Å². The molecule has 4 nitrogen and oxygen atoms in total. The van der Waals surface area contributed by atoms with Gasteiger partial charge >= 0.3 is 0 Å². The van der Waals surface area contributed by atoms with E-state index in [1.165, 1.54) is 7.37 Å². The van der Waals surface area contributed by atoms with Crippen LogP contribution in [-0.4, -0.2) is 41.9 Å². The van der Waals surface area contributed by atoms with E-state index in [-0.39, 0.29) is 11.2 Å². The van der Waals surface area contributed by atoms with Crippen molar-refractivity contribution in [2.24, 2.45) is 0 Å². The Labute approximate surface area is 112 Å². The monoisotopic (exact) mass is 255 g/mol. The lowest BCUT2D eigenvalue weighted by atomic mass is 9.55. The summed E-state index contributed by atoms with van der Waals surface area (Å²) in [5.74, 6) is 0. The van der Waals surface area contributed by atoms with Crippen LogP contribution in [0.1, 0.15) is 55.4 Å². The van der Waals surface area contributed by atoms with Crippen LogP contribution >= 0.6 is 0 Å². The van der Waals surface area contributed by atoms with Crippen LogP contribution in [0, 0.1) is 0 Å². The third kappa shape index (κ3) is 3.10. The highest BCUT2D eigenvalue weighted by atomic mass is 16.7. The van der Waals surface area contributed by atoms with Gasteiger partial charge in [-0.1, -0.05) is 0 Å². The lowest BCUT2D eigenvalue weighted by Crippen LogP contribution is -2.50. The fourth-order valence-electron chi connectivity index (χ4n) is 1.31. The molecule has 0 aliphatic carbocycles. The Hall–Kier alpha value is -0.0301. The number of hydrogen-bond donors (Lipinski definition) is 1. The van der Waals surface area contributed by atoms with E-state index in [4.69, 9.17) is 14.0 Å². The molecule has 18 heavy (non-hydrogen) atoms. The molecule has 0 atom stereocenters. The first-order valence-electron chi connectivity index (χ1n) is 6.38. The fraction of sp³-hybridized carbons (Fsp3) is 1.00. The van der Waals surface area contributed by atoms with Gasteiger partial charge in [0.05, 0.1) is 16.8 Å². The minimum absolute atomic E-state index is 0.379. The van der Waals surface area contributed by atoms with Crippen molar-refractivity contribution in [1.82, 2.24) is 0 Å². The van der Waals surface area contributed by atoms with Crippen molar-refractivity contribution in [3.8, 4) is 0 Å². The molecule has 0 aromatic rings. The SMILES string of the molecule is CC(C)(O)C(C)(C)O[B-]B1OC(C)(C)C(C)(C)O1. The number of aliphatic hydroxyl groups is 1. The van der Waals surface area contributed by atoms with Crippen LogP contribution in [-0.2, 0) is 14.0 Å². The molecule has 0 spiro atoms. The molecule has 1 fully saturated rings. The van der Waals surface area contributed by atoms with E-state index in [0.29, 0.717) is 0 Å². The van der Waals surface area contributed by atoms with Gasteiger partial charge in [0.15, 0.2) is 0 Å². The summed E-state index contributed by atoms with van der Waals surface area (Å²) >= 11 is 0. The average molecular weight is 255 g/mol. The Morgan fingerprint density at radius 1 is 1.00 bits per heavy atom. The van der Waals surface area contributed by atoms with Crippen molar-refractivity contribution in [2.75, 3.05) is 0 Å². The summed E-state index contributed by atoms with van der Waals surface area (Å²) in [4.78, 5) is 0. The Kier molecular flexibility index (Phi) is 4.02. The zero-order valence-corrected chi connectivity index (χ0v) is 12.8. The lowest BCUT2D eigenvalue weighted by molar-refractivity contribution is -0.0894. The van der Waals surface area contributed by atoms with Crippen LogP contribution in [0.2, 0.25) is 0 Å². The van der Waals surface area contributed by atoms with Gasteiger partial charge in [-0.3, -0.25) is 0 Å². The summed E-state index contributed by atoms with van der Waals surface area (Å²) in [5.41, 5.74) is -2.42. The smallest absolute Gasteiger partial charge is 0.220 e. The number of rotatable bonds is 4. The standard InChI is InChI=1S/C12H25B2O4/c1-9(2,15)10(3,4)16-13-14-17-11(5,6)12(7,8)18-14/h15H,1-8H3/q-1. The summed E-state index contributed by atoms with van der Waals surface area (Å²) in [6.07, 6.45) is 0. The Morgan fingerprint density at radius 2 is 1.39 bits per heavy atom. The van der Waals surface area contributed by atoms with Crippen LogP contribution in [0.5, 0.6) is 0 Å². The van der Waals surface area contributed by atoms with Gasteiger partial charge in [0.2, 0.25) is 7.01 Å². The van der Waals surface area contributed by atoms with Crippen molar-refractivity contribution >= 4 is 14.4 Å². The maximum Gasteiger partial charge on any atom is 0.220 e. The lowest BCUT2D eigenvalue weighted by Gasteiger charge is -2.45. The first kappa shape index (κ1) is 16.0. The molecule has 1 heterocycles. The van der Waals surface area contributed by atoms with Crippen LogP contribution in [0.4, 0.5) is 0 Å². The van der Waals surface area contributed by atoms with Crippen molar-refractivity contribution in [3.05, 3.63) is 0 Å². The number of hydrogen-bond acceptors (Lipinski definition) is 4. The molecular formula is C12H25B2O4-. The predicted molar refractivity (Wildman–Crippen MR) is 73.3 cm³/mol. The van der Waals surface area contributed by atoms with Gasteiger partial charge in [-0.05, 0) is 55.4 Å². The molecule has 1 saturated heterocycles. The third-order valence-corrected chi connectivity index (χ3v) is 4.22. The first-order chi connectivity index (χ1) is 7.79. The maximum absolute atomic E-state index is 10.00. The molecule has 0 amide bonds. The summed E-state index contributed by atoms with van der Waals surface area (Å²) in [5, 5.41) is 10.00. The second kappa shape index (κ2) is 4.51. The van der Waals surface area contributed by atoms with E-state index >= 15 is 0 Å². The Morgan fingerprint density at radius 3 is 1.72 bits per heavy atom. The fourth-order valence-corrected chi connectivity index (χ4v) is 1.31. The van der Waals surface area contributed by atoms with Crippen molar-refractivity contribution < 1.29 is 19.1 Å². The van der Waals surface area contributed by atoms with E-state index in [0.717, 1.165) is 0 Å². The normalized spacial score (nSPS) is 23.5. The molecule has 1 aliphatic heterocycles. The third-order valence-electron chi connectivity index (χ3n) is 4.22. The van der Waals surface area contributed by atoms with E-state index in [2.05, 4.69) is 0 Å². The second-order valence-corrected chi connectivity index (χ2v) is 6.95. The summed E-state index contributed by atoms with van der Waals surface area (Å²) in [7, 11) is 1.01. The topological polar surface area (TPSA) is 47.9 Å². The highest BCUT2D eigenvalue weighted by molar-refractivity contribution is 7.03. The first-order valence-corrected chi connectivity index (χ1v) is 6.38. The van der Waals surface area contributed by atoms with Gasteiger partial charge in [-0.2, -0.15) is 0 Å². The zero-order chi connectivity index (χ0) is 14.4. The quantitative estimate of drug-likeness (QED) is 0.777. The highest BCUT2D eigenvalue weighted by Gasteiger charge is 2.46. The van der Waals surface area contributed by atoms with Crippen LogP contribution in [0.3, 0.4) is 0 Å². The van der Waals surface area contributed by atoms with E-state index in [1.54, 1.807) is 13.8 Å². The minimum Gasteiger partial charge on any atom is -0.657 e. The molecule has 0 unspecified atom stereocenters. The molecule has 0 bridgehead atoms. The summed E-state index contributed by atoms with van der Waals surface area (Å²) in [6, 6.07) is 0. The van der Waals surface area contributed by atoms with Crippen molar-refractivity contribution in [2.45, 2.75) is 77.8 Å². The molecule has 2 radical (unpaired) electrons. The van der Waals surface area contributed by atoms with Gasteiger partial charge < -0.3 is 19.1 Å². The van der Waals surface area contributed by atoms with Crippen LogP contribution < -0.4 is 0 Å². The van der Waals surface area contributed by atoms with Gasteiger partial charge in [0.1, 0.15) is 0 Å². The largest absolute Gasteiger partial charge is 0.657 e. The molecule has 0 aromatic heterocycles. The molecule has 0 aromatic carbocycles. The van der Waals surface area contributed by atoms with Gasteiger partial charge in [0.25, 0.3) is 0 Å². The van der Waals surface area contributed by atoms with Gasteiger partial charge in [0, 0.05) is 5.60 Å². The summed E-state index contributed by atoms with van der Waals surface area (Å²) < 4.78 is 17.2. The molecule has 1 N–H and O–H groups in total. The van der Waals surface area contributed by atoms with Gasteiger partial charge in [-0.25, -0.2) is 0 Å². The molecule has 6 heteroatoms. The van der Waals surface area contributed by atoms with Gasteiger partial charge in [-0.15, -0.1) is 7.37 Å². The van der Waals surface area contributed by atoms with Crippen molar-refractivity contribution in [3.63, 3.8) is 0 Å². The van der Waals surface area contributed by atoms with E-state index < -0.39 is 18.2 Å². The zero-order valence-electron chi connectivity index (χ0n) is 12.8. The Balaban J connectivity index is 2.58. The second-order valence-electron chi connectivity index (χ2n) is 6.95. The average Bonchev–Trinajstić information content (AvgIpc) is 2.30. The van der Waals surface area contributed by atoms with Crippen LogP contribution in [0.25, 0.3) is 0 Å². The maximum atomic E-state index is 10.00.